The second-order valence-corrected chi connectivity index (χ2v) is 8.61. The maximum Gasteiger partial charge on any atom is 0.150 e. The van der Waals surface area contributed by atoms with Crippen LogP contribution in [0.15, 0.2) is 85.6 Å². The normalized spacial score (nSPS) is 13.4. The van der Waals surface area contributed by atoms with Crippen molar-refractivity contribution in [1.29, 1.82) is 0 Å². The number of rotatable bonds is 6. The molecular formula is C30H33N3O. The number of fused-ring (bicyclic) bond motifs is 2. The number of aliphatic hydroxyl groups excluding tert-OH is 1. The van der Waals surface area contributed by atoms with Crippen molar-refractivity contribution in [2.75, 3.05) is 23.9 Å². The van der Waals surface area contributed by atoms with Gasteiger partial charge in [-0.15, -0.1) is 0 Å². The van der Waals surface area contributed by atoms with E-state index in [-0.39, 0.29) is 6.04 Å². The first-order chi connectivity index (χ1) is 16.7. The molecule has 1 aromatic heterocycles. The third kappa shape index (κ3) is 5.13. The van der Waals surface area contributed by atoms with Crippen LogP contribution in [0.5, 0.6) is 0 Å². The van der Waals surface area contributed by atoms with E-state index in [1.54, 1.807) is 0 Å². The molecule has 4 aromatic rings. The summed E-state index contributed by atoms with van der Waals surface area (Å²) in [7, 11) is 1.00. The van der Waals surface area contributed by atoms with E-state index >= 15 is 0 Å². The van der Waals surface area contributed by atoms with Gasteiger partial charge in [0.2, 0.25) is 0 Å². The van der Waals surface area contributed by atoms with E-state index in [0.717, 1.165) is 38.0 Å². The van der Waals surface area contributed by atoms with Crippen LogP contribution in [-0.4, -0.2) is 23.7 Å². The molecule has 3 aromatic carbocycles. The number of nitrogens with one attached hydrogen (secondary N) is 1. The second kappa shape index (κ2) is 11.0. The van der Waals surface area contributed by atoms with Crippen LogP contribution < -0.4 is 10.2 Å². The van der Waals surface area contributed by atoms with Gasteiger partial charge in [0, 0.05) is 26.4 Å². The highest BCUT2D eigenvalue weighted by Gasteiger charge is 2.22. The Kier molecular flexibility index (Phi) is 7.61. The van der Waals surface area contributed by atoms with E-state index in [2.05, 4.69) is 96.5 Å². The summed E-state index contributed by atoms with van der Waals surface area (Å²) in [4.78, 5) is 7.26. The summed E-state index contributed by atoms with van der Waals surface area (Å²) in [6.45, 7) is 7.98. The number of hydrogen-bond acceptors (Lipinski definition) is 4. The Morgan fingerprint density at radius 3 is 2.56 bits per heavy atom. The molecule has 0 bridgehead atoms. The first kappa shape index (κ1) is 23.5. The number of nitrogens with zero attached hydrogens (tertiary/aromatic N) is 2. The van der Waals surface area contributed by atoms with E-state index < -0.39 is 0 Å². The van der Waals surface area contributed by atoms with Crippen molar-refractivity contribution < 1.29 is 5.11 Å². The minimum absolute atomic E-state index is 0.164. The number of aromatic nitrogens is 1. The third-order valence-corrected chi connectivity index (χ3v) is 6.41. The minimum Gasteiger partial charge on any atom is -0.400 e. The zero-order chi connectivity index (χ0) is 23.9. The highest BCUT2D eigenvalue weighted by molar-refractivity contribution is 5.83. The SMILES string of the molecule is C=Cc1ccc(C(C)Nc2nccc3c2N(Cc2ccc4ccccc4c2)CCC3)cc1.CO. The lowest BCUT2D eigenvalue weighted by atomic mass is 10.0. The van der Waals surface area contributed by atoms with E-state index in [0.29, 0.717) is 0 Å². The molecule has 0 amide bonds. The van der Waals surface area contributed by atoms with Crippen molar-refractivity contribution in [3.05, 3.63) is 108 Å². The molecule has 0 aliphatic carbocycles. The summed E-state index contributed by atoms with van der Waals surface area (Å²) in [5.74, 6) is 0.975. The quantitative estimate of drug-likeness (QED) is 0.346. The minimum atomic E-state index is 0.164. The lowest BCUT2D eigenvalue weighted by Gasteiger charge is -2.33. The molecule has 4 nitrogen and oxygen atoms in total. The van der Waals surface area contributed by atoms with Gasteiger partial charge in [0.15, 0.2) is 0 Å². The Labute approximate surface area is 202 Å². The zero-order valence-electron chi connectivity index (χ0n) is 20.0. The van der Waals surface area contributed by atoms with E-state index in [9.17, 15) is 0 Å². The number of benzene rings is 3. The summed E-state index contributed by atoms with van der Waals surface area (Å²) in [6.07, 6.45) is 6.08. The summed E-state index contributed by atoms with van der Waals surface area (Å²) in [6, 6.07) is 26.3. The van der Waals surface area contributed by atoms with E-state index in [1.165, 1.54) is 39.6 Å². The molecule has 0 radical (unpaired) electrons. The topological polar surface area (TPSA) is 48.4 Å². The van der Waals surface area contributed by atoms with Gasteiger partial charge in [-0.05, 0) is 64.9 Å². The van der Waals surface area contributed by atoms with E-state index in [4.69, 9.17) is 10.1 Å². The van der Waals surface area contributed by atoms with Crippen LogP contribution in [-0.2, 0) is 13.0 Å². The molecule has 0 fully saturated rings. The van der Waals surface area contributed by atoms with E-state index in [1.807, 2.05) is 12.3 Å². The van der Waals surface area contributed by atoms with Gasteiger partial charge in [-0.2, -0.15) is 0 Å². The number of aryl methyl sites for hydroxylation is 1. The predicted molar refractivity (Wildman–Crippen MR) is 144 cm³/mol. The van der Waals surface area contributed by atoms with Crippen molar-refractivity contribution in [2.24, 2.45) is 0 Å². The van der Waals surface area contributed by atoms with Gasteiger partial charge < -0.3 is 15.3 Å². The standard InChI is InChI=1S/C29H29N3.CH4O/c1-3-22-10-13-24(14-11-22)21(2)31-29-28-26(16-17-30-29)9-6-18-32(28)20-23-12-15-25-7-4-5-8-27(25)19-23;1-2/h3-5,7-8,10-17,19,21H,1,6,9,18,20H2,2H3,(H,30,31);2H,1H3. The van der Waals surface area contributed by atoms with Gasteiger partial charge in [0.1, 0.15) is 5.82 Å². The Balaban J connectivity index is 0.00000133. The summed E-state index contributed by atoms with van der Waals surface area (Å²) in [5.41, 5.74) is 6.34. The molecule has 34 heavy (non-hydrogen) atoms. The zero-order valence-corrected chi connectivity index (χ0v) is 20.0. The third-order valence-electron chi connectivity index (χ3n) is 6.41. The van der Waals surface area contributed by atoms with Crippen LogP contribution in [0.1, 0.15) is 41.6 Å². The molecule has 1 aliphatic rings. The van der Waals surface area contributed by atoms with Gasteiger partial charge in [-0.3, -0.25) is 0 Å². The molecule has 4 heteroatoms. The number of anilines is 2. The molecule has 1 unspecified atom stereocenters. The van der Waals surface area contributed by atoms with Crippen molar-refractivity contribution >= 4 is 28.4 Å². The number of pyridine rings is 1. The molecule has 2 heterocycles. The van der Waals surface area contributed by atoms with Crippen LogP contribution in [0.3, 0.4) is 0 Å². The Hall–Kier alpha value is -3.63. The lowest BCUT2D eigenvalue weighted by Crippen LogP contribution is -2.30. The maximum absolute atomic E-state index is 7.00. The van der Waals surface area contributed by atoms with Crippen molar-refractivity contribution in [2.45, 2.75) is 32.4 Å². The highest BCUT2D eigenvalue weighted by atomic mass is 16.2. The highest BCUT2D eigenvalue weighted by Crippen LogP contribution is 2.36. The molecule has 1 aliphatic heterocycles. The van der Waals surface area contributed by atoms with Crippen molar-refractivity contribution in [1.82, 2.24) is 4.98 Å². The summed E-state index contributed by atoms with van der Waals surface area (Å²) < 4.78 is 0. The fourth-order valence-corrected chi connectivity index (χ4v) is 4.65. The molecule has 5 rings (SSSR count). The van der Waals surface area contributed by atoms with Gasteiger partial charge in [-0.25, -0.2) is 4.98 Å². The van der Waals surface area contributed by atoms with Crippen LogP contribution >= 0.6 is 0 Å². The predicted octanol–water partition coefficient (Wildman–Crippen LogP) is 6.61. The Morgan fingerprint density at radius 1 is 1.03 bits per heavy atom. The van der Waals surface area contributed by atoms with Crippen molar-refractivity contribution in [3.63, 3.8) is 0 Å². The van der Waals surface area contributed by atoms with Crippen LogP contribution in [0, 0.1) is 0 Å². The molecule has 0 saturated heterocycles. The molecule has 0 spiro atoms. The van der Waals surface area contributed by atoms with Gasteiger partial charge in [-0.1, -0.05) is 73.3 Å². The average molecular weight is 452 g/mol. The van der Waals surface area contributed by atoms with Gasteiger partial charge in [0.05, 0.1) is 11.7 Å². The van der Waals surface area contributed by atoms with Crippen LogP contribution in [0.2, 0.25) is 0 Å². The smallest absolute Gasteiger partial charge is 0.150 e. The number of hydrogen-bond donors (Lipinski definition) is 2. The monoisotopic (exact) mass is 451 g/mol. The summed E-state index contributed by atoms with van der Waals surface area (Å²) >= 11 is 0. The number of aliphatic hydroxyl groups is 1. The lowest BCUT2D eigenvalue weighted by molar-refractivity contribution is 0.399. The molecular weight excluding hydrogens is 418 g/mol. The van der Waals surface area contributed by atoms with Gasteiger partial charge >= 0.3 is 0 Å². The maximum atomic E-state index is 7.00. The van der Waals surface area contributed by atoms with Gasteiger partial charge in [0.25, 0.3) is 0 Å². The largest absolute Gasteiger partial charge is 0.400 e. The fraction of sp³-hybridized carbons (Fsp3) is 0.233. The van der Waals surface area contributed by atoms with Crippen LogP contribution in [0.25, 0.3) is 16.8 Å². The Morgan fingerprint density at radius 2 is 1.79 bits per heavy atom. The fourth-order valence-electron chi connectivity index (χ4n) is 4.65. The summed E-state index contributed by atoms with van der Waals surface area (Å²) in [5, 5.41) is 13.3. The van der Waals surface area contributed by atoms with Crippen LogP contribution in [0.4, 0.5) is 11.5 Å². The first-order valence-corrected chi connectivity index (χ1v) is 11.9. The Bertz CT molecular complexity index is 1250. The molecule has 1 atom stereocenters. The second-order valence-electron chi connectivity index (χ2n) is 8.61. The molecule has 0 saturated carbocycles. The molecule has 174 valence electrons. The first-order valence-electron chi connectivity index (χ1n) is 11.9. The molecule has 2 N–H and O–H groups in total. The average Bonchev–Trinajstić information content (AvgIpc) is 2.90. The van der Waals surface area contributed by atoms with Crippen molar-refractivity contribution in [3.8, 4) is 0 Å².